The molecule has 0 spiro atoms. The van der Waals surface area contributed by atoms with Gasteiger partial charge in [0.15, 0.2) is 0 Å². The Kier molecular flexibility index (Phi) is 10.2. The molecule has 0 N–H and O–H groups in total. The summed E-state index contributed by atoms with van der Waals surface area (Å²) < 4.78 is 0. The molecule has 0 nitrogen and oxygen atoms in total. The van der Waals surface area contributed by atoms with Crippen molar-refractivity contribution in [3.63, 3.8) is 0 Å². The molecule has 0 heterocycles. The van der Waals surface area contributed by atoms with Gasteiger partial charge in [0.05, 0.1) is 0 Å². The Bertz CT molecular complexity index is 1310. The quantitative estimate of drug-likeness (QED) is 0.136. The zero-order valence-corrected chi connectivity index (χ0v) is 27.6. The molecule has 3 heteroatoms. The van der Waals surface area contributed by atoms with Gasteiger partial charge in [-0.1, -0.05) is 0 Å². The molecule has 6 aromatic carbocycles. The van der Waals surface area contributed by atoms with Gasteiger partial charge in [-0.3, -0.25) is 0 Å². The van der Waals surface area contributed by atoms with Gasteiger partial charge >= 0.3 is 247 Å². The molecule has 0 aliphatic carbocycles. The number of hydrogen-bond donors (Lipinski definition) is 0. The Morgan fingerprint density at radius 2 is 0.429 bits per heavy atom. The van der Waals surface area contributed by atoms with Crippen molar-refractivity contribution in [2.24, 2.45) is 0 Å². The fourth-order valence-corrected chi connectivity index (χ4v) is 16.9. The van der Waals surface area contributed by atoms with Crippen LogP contribution in [0, 0.1) is 0 Å². The van der Waals surface area contributed by atoms with E-state index >= 15 is 0 Å². The summed E-state index contributed by atoms with van der Waals surface area (Å²) in [6.07, 6.45) is 3.47. The Morgan fingerprint density at radius 3 is 0.595 bits per heavy atom. The van der Waals surface area contributed by atoms with Gasteiger partial charge in [0, 0.05) is 0 Å². The molecular formula is C39H39BrP2. The van der Waals surface area contributed by atoms with Crippen molar-refractivity contribution >= 4 is 63.3 Å². The summed E-state index contributed by atoms with van der Waals surface area (Å²) in [6, 6.07) is 68.1. The second-order valence-corrected chi connectivity index (χ2v) is 18.9. The van der Waals surface area contributed by atoms with E-state index in [2.05, 4.69) is 182 Å². The first kappa shape index (κ1) is 30.1. The molecule has 0 saturated carbocycles. The van der Waals surface area contributed by atoms with E-state index < -0.39 is 14.5 Å². The molecule has 0 aliphatic heterocycles. The standard InChI is InChI=1S/C39H38P2.BrH/c1-7-20-34(21-8-1)40(35-22-9-2-10-23-35,36-24-11-3-12-25-36)32-19-33-41(37-26-13-4-14-27-37,38-28-15-5-16-29-38)39-30-17-6-18-31-39;/h1-18,20-31,40-41H,19,32-33H2;1H. The van der Waals surface area contributed by atoms with E-state index in [4.69, 9.17) is 0 Å². The summed E-state index contributed by atoms with van der Waals surface area (Å²) in [5.41, 5.74) is 0. The topological polar surface area (TPSA) is 0 Å². The molecule has 212 valence electrons. The fourth-order valence-electron chi connectivity index (χ4n) is 6.82. The van der Waals surface area contributed by atoms with Crippen molar-refractivity contribution in [3.8, 4) is 0 Å². The summed E-state index contributed by atoms with van der Waals surface area (Å²) >= 11 is 0. The normalized spacial score (nSPS) is 12.2. The summed E-state index contributed by atoms with van der Waals surface area (Å²) in [6.45, 7) is 0. The van der Waals surface area contributed by atoms with E-state index in [0.29, 0.717) is 0 Å². The minimum absolute atomic E-state index is 0. The third kappa shape index (κ3) is 5.93. The minimum atomic E-state index is -2.30. The molecule has 0 bridgehead atoms. The number of rotatable bonds is 10. The van der Waals surface area contributed by atoms with Crippen molar-refractivity contribution in [3.05, 3.63) is 182 Å². The van der Waals surface area contributed by atoms with Crippen LogP contribution < -0.4 is 31.8 Å². The number of hydrogen-bond acceptors (Lipinski definition) is 0. The summed E-state index contributed by atoms with van der Waals surface area (Å²) in [5, 5.41) is 8.94. The van der Waals surface area contributed by atoms with Gasteiger partial charge in [0.25, 0.3) is 0 Å². The van der Waals surface area contributed by atoms with E-state index in [1.807, 2.05) is 0 Å². The molecule has 0 atom stereocenters. The van der Waals surface area contributed by atoms with E-state index in [-0.39, 0.29) is 17.0 Å². The van der Waals surface area contributed by atoms with Gasteiger partial charge < -0.3 is 0 Å². The van der Waals surface area contributed by atoms with Crippen LogP contribution in [-0.4, -0.2) is 12.3 Å². The monoisotopic (exact) mass is 648 g/mol. The van der Waals surface area contributed by atoms with Crippen molar-refractivity contribution in [2.45, 2.75) is 6.42 Å². The molecule has 0 unspecified atom stereocenters. The van der Waals surface area contributed by atoms with E-state index in [1.54, 1.807) is 0 Å². The first-order chi connectivity index (χ1) is 20.3. The fraction of sp³-hybridized carbons (Fsp3) is 0.0769. The molecule has 0 fully saturated rings. The maximum atomic E-state index is 2.38. The average molecular weight is 650 g/mol. The SMILES string of the molecule is Br.c1ccc([PH](CCC[PH](c2ccccc2)(c2ccccc2)c2ccccc2)(c2ccccc2)c2ccccc2)cc1. The molecule has 42 heavy (non-hydrogen) atoms. The molecule has 0 amide bonds. The number of benzene rings is 6. The van der Waals surface area contributed by atoms with Crippen molar-refractivity contribution in [2.75, 3.05) is 12.3 Å². The zero-order valence-electron chi connectivity index (χ0n) is 23.9. The van der Waals surface area contributed by atoms with Crippen LogP contribution in [0.15, 0.2) is 182 Å². The van der Waals surface area contributed by atoms with Crippen LogP contribution in [0.2, 0.25) is 0 Å². The third-order valence-electron chi connectivity index (χ3n) is 8.70. The second kappa shape index (κ2) is 14.2. The maximum absolute atomic E-state index is 2.38. The van der Waals surface area contributed by atoms with Gasteiger partial charge in [-0.25, -0.2) is 0 Å². The van der Waals surface area contributed by atoms with E-state index in [0.717, 1.165) is 18.7 Å². The van der Waals surface area contributed by atoms with Gasteiger partial charge in [-0.05, 0) is 0 Å². The predicted octanol–water partition coefficient (Wildman–Crippen LogP) is 7.41. The third-order valence-corrected chi connectivity index (χ3v) is 18.8. The molecule has 0 aromatic heterocycles. The van der Waals surface area contributed by atoms with Crippen LogP contribution in [0.5, 0.6) is 0 Å². The first-order valence-corrected chi connectivity index (χ1v) is 19.1. The summed E-state index contributed by atoms with van der Waals surface area (Å²) in [4.78, 5) is 0. The first-order valence-electron chi connectivity index (χ1n) is 14.7. The van der Waals surface area contributed by atoms with Crippen molar-refractivity contribution in [1.29, 1.82) is 0 Å². The van der Waals surface area contributed by atoms with E-state index in [9.17, 15) is 0 Å². The Labute approximate surface area is 262 Å². The Hall–Kier alpha value is -3.34. The van der Waals surface area contributed by atoms with Crippen LogP contribution in [0.4, 0.5) is 0 Å². The summed E-state index contributed by atoms with van der Waals surface area (Å²) in [7, 11) is -4.61. The molecule has 0 saturated heterocycles. The van der Waals surface area contributed by atoms with Crippen LogP contribution in [0.1, 0.15) is 6.42 Å². The molecule has 6 rings (SSSR count). The van der Waals surface area contributed by atoms with Gasteiger partial charge in [0.2, 0.25) is 0 Å². The molecule has 0 radical (unpaired) electrons. The summed E-state index contributed by atoms with van der Waals surface area (Å²) in [5.74, 6) is 0. The van der Waals surface area contributed by atoms with Gasteiger partial charge in [-0.2, -0.15) is 0 Å². The zero-order chi connectivity index (χ0) is 27.8. The van der Waals surface area contributed by atoms with E-state index in [1.165, 1.54) is 31.8 Å². The van der Waals surface area contributed by atoms with Crippen LogP contribution in [-0.2, 0) is 0 Å². The Morgan fingerprint density at radius 1 is 0.262 bits per heavy atom. The van der Waals surface area contributed by atoms with Crippen LogP contribution in [0.3, 0.4) is 0 Å². The molecular weight excluding hydrogens is 610 g/mol. The Balaban J connectivity index is 0.00000353. The predicted molar refractivity (Wildman–Crippen MR) is 198 cm³/mol. The van der Waals surface area contributed by atoms with Crippen LogP contribution >= 0.6 is 31.5 Å². The average Bonchev–Trinajstić information content (AvgIpc) is 3.08. The van der Waals surface area contributed by atoms with Crippen molar-refractivity contribution in [1.82, 2.24) is 0 Å². The second-order valence-electron chi connectivity index (χ2n) is 10.9. The van der Waals surface area contributed by atoms with Gasteiger partial charge in [-0.15, -0.1) is 17.0 Å². The van der Waals surface area contributed by atoms with Crippen LogP contribution in [0.25, 0.3) is 0 Å². The molecule has 0 aliphatic rings. The molecule has 6 aromatic rings. The van der Waals surface area contributed by atoms with Crippen molar-refractivity contribution < 1.29 is 0 Å². The number of halogens is 1. The van der Waals surface area contributed by atoms with Gasteiger partial charge in [0.1, 0.15) is 0 Å².